The van der Waals surface area contributed by atoms with Gasteiger partial charge in [0.1, 0.15) is 6.54 Å². The van der Waals surface area contributed by atoms with Gasteiger partial charge in [-0.05, 0) is 60.7 Å². The molecule has 7 heteroatoms. The van der Waals surface area contributed by atoms with E-state index < -0.39 is 0 Å². The molecule has 1 saturated carbocycles. The van der Waals surface area contributed by atoms with Crippen LogP contribution >= 0.6 is 15.9 Å². The largest absolute Gasteiger partial charge is 0.385 e. The van der Waals surface area contributed by atoms with E-state index in [1.54, 1.807) is 18.1 Å². The molecule has 1 aromatic heterocycles. The summed E-state index contributed by atoms with van der Waals surface area (Å²) >= 11 is 3.51. The minimum Gasteiger partial charge on any atom is -0.385 e. The highest BCUT2D eigenvalue weighted by molar-refractivity contribution is 9.10. The molecule has 0 saturated heterocycles. The van der Waals surface area contributed by atoms with Crippen molar-refractivity contribution in [3.05, 3.63) is 100 Å². The van der Waals surface area contributed by atoms with E-state index in [4.69, 9.17) is 4.74 Å². The predicted molar refractivity (Wildman–Crippen MR) is 164 cm³/mol. The third kappa shape index (κ3) is 8.93. The van der Waals surface area contributed by atoms with Crippen molar-refractivity contribution in [1.29, 1.82) is 0 Å². The number of nitrogens with zero attached hydrogens (tertiary/aromatic N) is 3. The van der Waals surface area contributed by atoms with Crippen LogP contribution in [0.5, 0.6) is 0 Å². The van der Waals surface area contributed by atoms with E-state index in [1.807, 2.05) is 47.4 Å². The molecule has 6 nitrogen and oxygen atoms in total. The van der Waals surface area contributed by atoms with Crippen molar-refractivity contribution in [3.8, 4) is 0 Å². The highest BCUT2D eigenvalue weighted by Gasteiger charge is 2.28. The van der Waals surface area contributed by atoms with Crippen LogP contribution in [-0.2, 0) is 27.4 Å². The lowest BCUT2D eigenvalue weighted by molar-refractivity contribution is -0.141. The molecule has 0 N–H and O–H groups in total. The van der Waals surface area contributed by atoms with E-state index in [0.717, 1.165) is 48.0 Å². The lowest BCUT2D eigenvalue weighted by Gasteiger charge is -2.36. The number of ether oxygens (including phenoxy) is 1. The van der Waals surface area contributed by atoms with Crippen molar-refractivity contribution >= 4 is 33.8 Å². The summed E-state index contributed by atoms with van der Waals surface area (Å²) in [6.07, 6.45) is 11.6. The fraction of sp³-hybridized carbons (Fsp3) is 0.394. The normalized spacial score (nSPS) is 13.9. The second kappa shape index (κ2) is 15.6. The van der Waals surface area contributed by atoms with Gasteiger partial charge in [-0.1, -0.05) is 77.7 Å². The van der Waals surface area contributed by atoms with E-state index in [0.29, 0.717) is 26.1 Å². The first-order chi connectivity index (χ1) is 19.5. The topological polar surface area (TPSA) is 54.8 Å². The van der Waals surface area contributed by atoms with Crippen LogP contribution in [0.3, 0.4) is 0 Å². The fourth-order valence-corrected chi connectivity index (χ4v) is 5.54. The third-order valence-corrected chi connectivity index (χ3v) is 8.02. The summed E-state index contributed by atoms with van der Waals surface area (Å²) in [6.45, 7) is 2.35. The minimum absolute atomic E-state index is 0.00201. The van der Waals surface area contributed by atoms with E-state index in [-0.39, 0.29) is 24.4 Å². The molecule has 0 radical (unpaired) electrons. The van der Waals surface area contributed by atoms with E-state index in [1.165, 1.54) is 12.0 Å². The number of carbonyl (C=O) groups excluding carboxylic acids is 2. The van der Waals surface area contributed by atoms with Crippen molar-refractivity contribution in [3.63, 3.8) is 0 Å². The maximum atomic E-state index is 14.0. The van der Waals surface area contributed by atoms with Crippen LogP contribution in [0.1, 0.15) is 55.3 Å². The van der Waals surface area contributed by atoms with Gasteiger partial charge in [-0.3, -0.25) is 9.59 Å². The summed E-state index contributed by atoms with van der Waals surface area (Å²) in [6, 6.07) is 22.4. The summed E-state index contributed by atoms with van der Waals surface area (Å²) in [5.41, 5.74) is 3.26. The Morgan fingerprint density at radius 3 is 2.48 bits per heavy atom. The molecular formula is C33H40BrN3O3. The Morgan fingerprint density at radius 2 is 1.75 bits per heavy atom. The Hall–Kier alpha value is -3.16. The molecule has 3 aromatic rings. The highest BCUT2D eigenvalue weighted by Crippen LogP contribution is 2.25. The SMILES string of the molecule is COCCCN(CC(=O)N(Cc1cccn1Cc1ccc(Br)cc1)C1CCCCC1)C(=O)C=Cc1ccccc1. The first-order valence-electron chi connectivity index (χ1n) is 14.2. The maximum absolute atomic E-state index is 14.0. The average Bonchev–Trinajstić information content (AvgIpc) is 3.42. The number of rotatable bonds is 13. The minimum atomic E-state index is -0.157. The van der Waals surface area contributed by atoms with E-state index in [2.05, 4.69) is 57.0 Å². The molecule has 2 aromatic carbocycles. The van der Waals surface area contributed by atoms with Gasteiger partial charge in [-0.25, -0.2) is 0 Å². The zero-order valence-electron chi connectivity index (χ0n) is 23.4. The monoisotopic (exact) mass is 605 g/mol. The van der Waals surface area contributed by atoms with Gasteiger partial charge in [0.15, 0.2) is 0 Å². The summed E-state index contributed by atoms with van der Waals surface area (Å²) in [7, 11) is 1.65. The Bertz CT molecular complexity index is 1230. The summed E-state index contributed by atoms with van der Waals surface area (Å²) in [5.74, 6) is -0.155. The summed E-state index contributed by atoms with van der Waals surface area (Å²) < 4.78 is 8.51. The molecule has 1 aliphatic rings. The van der Waals surface area contributed by atoms with Crippen LogP contribution in [0.4, 0.5) is 0 Å². The van der Waals surface area contributed by atoms with E-state index >= 15 is 0 Å². The van der Waals surface area contributed by atoms with Crippen LogP contribution in [-0.4, -0.2) is 59.0 Å². The Kier molecular flexibility index (Phi) is 11.6. The third-order valence-electron chi connectivity index (χ3n) is 7.49. The molecule has 0 spiro atoms. The number of aromatic nitrogens is 1. The van der Waals surface area contributed by atoms with Gasteiger partial charge in [0.25, 0.3) is 0 Å². The zero-order chi connectivity index (χ0) is 28.2. The lowest BCUT2D eigenvalue weighted by Crippen LogP contribution is -2.47. The van der Waals surface area contributed by atoms with E-state index in [9.17, 15) is 9.59 Å². The van der Waals surface area contributed by atoms with Gasteiger partial charge >= 0.3 is 0 Å². The molecule has 1 heterocycles. The molecule has 4 rings (SSSR count). The fourth-order valence-electron chi connectivity index (χ4n) is 5.28. The summed E-state index contributed by atoms with van der Waals surface area (Å²) in [5, 5.41) is 0. The van der Waals surface area contributed by atoms with Gasteiger partial charge in [0.2, 0.25) is 11.8 Å². The van der Waals surface area contributed by atoms with Crippen LogP contribution in [0, 0.1) is 0 Å². The average molecular weight is 607 g/mol. The molecule has 0 atom stereocenters. The molecule has 1 fully saturated rings. The maximum Gasteiger partial charge on any atom is 0.247 e. The lowest BCUT2D eigenvalue weighted by atomic mass is 9.94. The van der Waals surface area contributed by atoms with Crippen molar-refractivity contribution in [2.24, 2.45) is 0 Å². The van der Waals surface area contributed by atoms with Crippen molar-refractivity contribution in [2.75, 3.05) is 26.8 Å². The van der Waals surface area contributed by atoms with Gasteiger partial charge < -0.3 is 19.1 Å². The van der Waals surface area contributed by atoms with Crippen LogP contribution < -0.4 is 0 Å². The molecule has 0 aliphatic heterocycles. The molecular weight excluding hydrogens is 566 g/mol. The Labute approximate surface area is 246 Å². The second-order valence-electron chi connectivity index (χ2n) is 10.4. The number of halogens is 1. The standard InChI is InChI=1S/C33H40BrN3O3/c1-40-23-9-22-36(32(38)20-17-27-10-4-2-5-11-27)26-33(39)37(30-12-6-3-7-13-30)25-31-14-8-21-35(31)24-28-15-18-29(34)19-16-28/h2,4-5,8,10-11,14-21,30H,3,6-7,9,12-13,22-26H2,1H3. The number of carbonyl (C=O) groups is 2. The molecule has 1 aliphatic carbocycles. The molecule has 0 bridgehead atoms. The highest BCUT2D eigenvalue weighted by atomic mass is 79.9. The predicted octanol–water partition coefficient (Wildman–Crippen LogP) is 6.54. The number of benzene rings is 2. The summed E-state index contributed by atoms with van der Waals surface area (Å²) in [4.78, 5) is 30.9. The first kappa shape index (κ1) is 29.8. The number of methoxy groups -OCH3 is 1. The number of amides is 2. The zero-order valence-corrected chi connectivity index (χ0v) is 25.0. The molecule has 2 amide bonds. The van der Waals surface area contributed by atoms with Gasteiger partial charge in [0, 0.05) is 55.3 Å². The number of hydrogen-bond donors (Lipinski definition) is 0. The first-order valence-corrected chi connectivity index (χ1v) is 15.0. The van der Waals surface area contributed by atoms with Gasteiger partial charge in [-0.2, -0.15) is 0 Å². The molecule has 0 unspecified atom stereocenters. The van der Waals surface area contributed by atoms with Crippen LogP contribution in [0.25, 0.3) is 6.08 Å². The Balaban J connectivity index is 1.51. The second-order valence-corrected chi connectivity index (χ2v) is 11.3. The molecule has 212 valence electrons. The van der Waals surface area contributed by atoms with Crippen molar-refractivity contribution < 1.29 is 14.3 Å². The van der Waals surface area contributed by atoms with Crippen molar-refractivity contribution in [2.45, 2.75) is 57.7 Å². The smallest absolute Gasteiger partial charge is 0.247 e. The van der Waals surface area contributed by atoms with Gasteiger partial charge in [0.05, 0.1) is 6.54 Å². The van der Waals surface area contributed by atoms with Crippen molar-refractivity contribution in [1.82, 2.24) is 14.4 Å². The van der Waals surface area contributed by atoms with Crippen LogP contribution in [0.15, 0.2) is 83.5 Å². The van der Waals surface area contributed by atoms with Gasteiger partial charge in [-0.15, -0.1) is 0 Å². The Morgan fingerprint density at radius 1 is 1.00 bits per heavy atom. The van der Waals surface area contributed by atoms with Crippen LogP contribution in [0.2, 0.25) is 0 Å². The molecule has 40 heavy (non-hydrogen) atoms. The quantitative estimate of drug-likeness (QED) is 0.164. The number of hydrogen-bond acceptors (Lipinski definition) is 3.